The number of hydrogen-bond acceptors (Lipinski definition) is 4. The number of aromatic nitrogens is 1. The largest absolute Gasteiger partial charge is 0.362 e. The summed E-state index contributed by atoms with van der Waals surface area (Å²) in [4.78, 5) is 0. The van der Waals surface area contributed by atoms with E-state index in [1.807, 2.05) is 0 Å². The molecule has 11 heavy (non-hydrogen) atoms. The van der Waals surface area contributed by atoms with Crippen molar-refractivity contribution in [2.75, 3.05) is 10.5 Å². The smallest absolute Gasteiger partial charge is 0.232 e. The van der Waals surface area contributed by atoms with Gasteiger partial charge >= 0.3 is 0 Å². The lowest BCUT2D eigenvalue weighted by molar-refractivity contribution is 0.420. The van der Waals surface area contributed by atoms with E-state index in [1.165, 1.54) is 12.5 Å². The van der Waals surface area contributed by atoms with Crippen LogP contribution in [0.15, 0.2) is 17.0 Å². The third-order valence-electron chi connectivity index (χ3n) is 1.09. The first-order valence-corrected chi connectivity index (χ1v) is 4.69. The van der Waals surface area contributed by atoms with Crippen LogP contribution in [0.25, 0.3) is 0 Å². The van der Waals surface area contributed by atoms with E-state index in [-0.39, 0.29) is 5.75 Å². The zero-order valence-corrected chi connectivity index (χ0v) is 6.76. The Labute approximate surface area is 64.4 Å². The molecule has 1 heterocycles. The average molecular weight is 176 g/mol. The van der Waals surface area contributed by atoms with Crippen LogP contribution in [-0.2, 0) is 10.0 Å². The van der Waals surface area contributed by atoms with Gasteiger partial charge in [0.25, 0.3) is 0 Å². The van der Waals surface area contributed by atoms with Crippen LogP contribution >= 0.6 is 0 Å². The maximum absolute atomic E-state index is 10.9. The Morgan fingerprint density at radius 2 is 2.45 bits per heavy atom. The molecule has 0 aliphatic carbocycles. The highest BCUT2D eigenvalue weighted by atomic mass is 32.2. The molecule has 5 nitrogen and oxygen atoms in total. The SMILES string of the molecule is CCS(=O)(=O)Nc1cnoc1. The molecule has 1 aromatic heterocycles. The highest BCUT2D eigenvalue weighted by molar-refractivity contribution is 7.92. The molecule has 1 N–H and O–H groups in total. The van der Waals surface area contributed by atoms with E-state index in [4.69, 9.17) is 0 Å². The highest BCUT2D eigenvalue weighted by Gasteiger charge is 2.06. The summed E-state index contributed by atoms with van der Waals surface area (Å²) in [5, 5.41) is 3.34. The second-order valence-electron chi connectivity index (χ2n) is 1.92. The van der Waals surface area contributed by atoms with Gasteiger partial charge in [0.2, 0.25) is 10.0 Å². The zero-order chi connectivity index (χ0) is 8.32. The summed E-state index contributed by atoms with van der Waals surface area (Å²) >= 11 is 0. The molecule has 0 unspecified atom stereocenters. The fourth-order valence-electron chi connectivity index (χ4n) is 0.507. The number of nitrogens with one attached hydrogen (secondary N) is 1. The minimum Gasteiger partial charge on any atom is -0.362 e. The molecule has 0 aliphatic rings. The van der Waals surface area contributed by atoms with E-state index >= 15 is 0 Å². The van der Waals surface area contributed by atoms with Gasteiger partial charge in [-0.3, -0.25) is 4.72 Å². The maximum atomic E-state index is 10.9. The molecule has 0 aliphatic heterocycles. The minimum absolute atomic E-state index is 0.0399. The maximum Gasteiger partial charge on any atom is 0.232 e. The Bertz CT molecular complexity index is 302. The fraction of sp³-hybridized carbons (Fsp3) is 0.400. The van der Waals surface area contributed by atoms with Gasteiger partial charge in [-0.15, -0.1) is 0 Å². The lowest BCUT2D eigenvalue weighted by Crippen LogP contribution is -2.13. The molecule has 0 bridgehead atoms. The van der Waals surface area contributed by atoms with Gasteiger partial charge in [0.15, 0.2) is 0 Å². The van der Waals surface area contributed by atoms with Gasteiger partial charge in [-0.2, -0.15) is 0 Å². The van der Waals surface area contributed by atoms with E-state index in [9.17, 15) is 8.42 Å². The van der Waals surface area contributed by atoms with Gasteiger partial charge in [0.05, 0.1) is 11.9 Å². The molecule has 1 rings (SSSR count). The summed E-state index contributed by atoms with van der Waals surface area (Å²) in [5.41, 5.74) is 0.354. The minimum atomic E-state index is -3.19. The summed E-state index contributed by atoms with van der Waals surface area (Å²) in [6, 6.07) is 0. The Morgan fingerprint density at radius 1 is 1.73 bits per heavy atom. The van der Waals surface area contributed by atoms with Gasteiger partial charge in [-0.25, -0.2) is 8.42 Å². The van der Waals surface area contributed by atoms with Gasteiger partial charge in [-0.05, 0) is 6.92 Å². The van der Waals surface area contributed by atoms with Crippen LogP contribution < -0.4 is 4.72 Å². The normalized spacial score (nSPS) is 11.4. The number of hydrogen-bond donors (Lipinski definition) is 1. The molecule has 1 aromatic rings. The number of anilines is 1. The molecule has 0 aromatic carbocycles. The van der Waals surface area contributed by atoms with E-state index in [0.717, 1.165) is 0 Å². The monoisotopic (exact) mass is 176 g/mol. The standard InChI is InChI=1S/C5H8N2O3S/c1-2-11(8,9)7-5-3-6-10-4-5/h3-4,7H,2H2,1H3. The van der Waals surface area contributed by atoms with Gasteiger partial charge in [-0.1, -0.05) is 5.16 Å². The van der Waals surface area contributed by atoms with Gasteiger partial charge in [0.1, 0.15) is 12.0 Å². The Hall–Kier alpha value is -1.04. The quantitative estimate of drug-likeness (QED) is 0.725. The van der Waals surface area contributed by atoms with Crippen LogP contribution in [0, 0.1) is 0 Å². The first kappa shape index (κ1) is 8.06. The summed E-state index contributed by atoms with van der Waals surface area (Å²) in [6.45, 7) is 1.55. The summed E-state index contributed by atoms with van der Waals surface area (Å²) < 4.78 is 28.5. The van der Waals surface area contributed by atoms with E-state index in [2.05, 4.69) is 14.4 Å². The molecule has 6 heteroatoms. The predicted molar refractivity (Wildman–Crippen MR) is 39.6 cm³/mol. The molecule has 0 atom stereocenters. The zero-order valence-electron chi connectivity index (χ0n) is 5.94. The highest BCUT2D eigenvalue weighted by Crippen LogP contribution is 2.05. The third-order valence-corrected chi connectivity index (χ3v) is 2.39. The first-order chi connectivity index (χ1) is 5.14. The number of rotatable bonds is 3. The summed E-state index contributed by atoms with van der Waals surface area (Å²) in [5.74, 6) is 0.0399. The van der Waals surface area contributed by atoms with Crippen LogP contribution in [-0.4, -0.2) is 19.3 Å². The van der Waals surface area contributed by atoms with Crippen molar-refractivity contribution in [1.29, 1.82) is 0 Å². The topological polar surface area (TPSA) is 72.2 Å². The Morgan fingerprint density at radius 3 is 2.91 bits per heavy atom. The van der Waals surface area contributed by atoms with Crippen molar-refractivity contribution in [3.63, 3.8) is 0 Å². The number of nitrogens with zero attached hydrogens (tertiary/aromatic N) is 1. The molecule has 0 fully saturated rings. The van der Waals surface area contributed by atoms with Crippen LogP contribution in [0.2, 0.25) is 0 Å². The third kappa shape index (κ3) is 2.23. The molecular formula is C5H8N2O3S. The van der Waals surface area contributed by atoms with Crippen LogP contribution in [0.5, 0.6) is 0 Å². The summed E-state index contributed by atoms with van der Waals surface area (Å²) in [6.07, 6.45) is 2.53. The van der Waals surface area contributed by atoms with Crippen molar-refractivity contribution in [2.45, 2.75) is 6.92 Å². The Balaban J connectivity index is 2.72. The van der Waals surface area contributed by atoms with Crippen molar-refractivity contribution < 1.29 is 12.9 Å². The Kier molecular flexibility index (Phi) is 2.13. The lowest BCUT2D eigenvalue weighted by Gasteiger charge is -1.99. The summed E-state index contributed by atoms with van der Waals surface area (Å²) in [7, 11) is -3.19. The molecule has 0 saturated heterocycles. The fourth-order valence-corrected chi connectivity index (χ4v) is 1.11. The van der Waals surface area contributed by atoms with E-state index in [0.29, 0.717) is 5.69 Å². The van der Waals surface area contributed by atoms with Crippen LogP contribution in [0.4, 0.5) is 5.69 Å². The van der Waals surface area contributed by atoms with Crippen molar-refractivity contribution in [3.8, 4) is 0 Å². The van der Waals surface area contributed by atoms with Crippen molar-refractivity contribution in [2.24, 2.45) is 0 Å². The molecular weight excluding hydrogens is 168 g/mol. The van der Waals surface area contributed by atoms with Gasteiger partial charge < -0.3 is 4.52 Å². The average Bonchev–Trinajstić information content (AvgIpc) is 2.39. The van der Waals surface area contributed by atoms with Crippen molar-refractivity contribution in [1.82, 2.24) is 5.16 Å². The van der Waals surface area contributed by atoms with Crippen molar-refractivity contribution in [3.05, 3.63) is 12.5 Å². The molecule has 62 valence electrons. The molecule has 0 spiro atoms. The van der Waals surface area contributed by atoms with Crippen molar-refractivity contribution >= 4 is 15.7 Å². The van der Waals surface area contributed by atoms with Crippen LogP contribution in [0.1, 0.15) is 6.92 Å². The first-order valence-electron chi connectivity index (χ1n) is 3.04. The van der Waals surface area contributed by atoms with Gasteiger partial charge in [0, 0.05) is 0 Å². The second kappa shape index (κ2) is 2.91. The predicted octanol–water partition coefficient (Wildman–Crippen LogP) is 0.436. The second-order valence-corrected chi connectivity index (χ2v) is 3.93. The lowest BCUT2D eigenvalue weighted by atomic mass is 10.6. The van der Waals surface area contributed by atoms with E-state index in [1.54, 1.807) is 6.92 Å². The molecule has 0 amide bonds. The molecule has 0 saturated carbocycles. The van der Waals surface area contributed by atoms with Crippen LogP contribution in [0.3, 0.4) is 0 Å². The van der Waals surface area contributed by atoms with E-state index < -0.39 is 10.0 Å². The number of sulfonamides is 1. The molecule has 0 radical (unpaired) electrons.